The van der Waals surface area contributed by atoms with Gasteiger partial charge in [-0.05, 0) is 6.07 Å². The molecule has 1 aromatic heterocycles. The van der Waals surface area contributed by atoms with E-state index in [0.717, 1.165) is 11.9 Å². The van der Waals surface area contributed by atoms with Crippen LogP contribution in [-0.4, -0.2) is 62.4 Å². The van der Waals surface area contributed by atoms with E-state index < -0.39 is 20.0 Å². The number of hydrogen-bond acceptors (Lipinski definition) is 5. The van der Waals surface area contributed by atoms with E-state index in [2.05, 4.69) is 0 Å². The molecule has 1 aromatic rings. The summed E-state index contributed by atoms with van der Waals surface area (Å²) in [7, 11) is -5.14. The quantitative estimate of drug-likeness (QED) is 0.739. The van der Waals surface area contributed by atoms with E-state index in [1.165, 1.54) is 14.8 Å². The first kappa shape index (κ1) is 16.4. The van der Waals surface area contributed by atoms with Crippen LogP contribution in [0.1, 0.15) is 5.69 Å². The summed E-state index contributed by atoms with van der Waals surface area (Å²) in [5.41, 5.74) is 6.27. The van der Waals surface area contributed by atoms with Crippen LogP contribution >= 0.6 is 0 Å². The fourth-order valence-corrected chi connectivity index (χ4v) is 4.66. The van der Waals surface area contributed by atoms with Crippen LogP contribution in [0.15, 0.2) is 17.2 Å². The number of nitrogens with zero attached hydrogens (tertiary/aromatic N) is 3. The van der Waals surface area contributed by atoms with Crippen LogP contribution in [0.25, 0.3) is 0 Å². The van der Waals surface area contributed by atoms with Gasteiger partial charge in [0.25, 0.3) is 0 Å². The predicted octanol–water partition coefficient (Wildman–Crippen LogP) is -1.25. The fourth-order valence-electron chi connectivity index (χ4n) is 2.31. The summed E-state index contributed by atoms with van der Waals surface area (Å²) in [4.78, 5) is 0.193. The Morgan fingerprint density at radius 1 is 1.10 bits per heavy atom. The minimum Gasteiger partial charge on any atom is -0.352 e. The van der Waals surface area contributed by atoms with E-state index in [-0.39, 0.29) is 37.6 Å². The Hall–Kier alpha value is -0.940. The molecule has 0 aliphatic carbocycles. The molecule has 2 heterocycles. The van der Waals surface area contributed by atoms with Crippen LogP contribution in [0.2, 0.25) is 0 Å². The van der Waals surface area contributed by atoms with Gasteiger partial charge < -0.3 is 10.3 Å². The molecule has 2 rings (SSSR count). The summed E-state index contributed by atoms with van der Waals surface area (Å²) in [6.07, 6.45) is 2.66. The van der Waals surface area contributed by atoms with Gasteiger partial charge in [-0.3, -0.25) is 0 Å². The number of nitrogens with two attached hydrogens (primary N) is 1. The first-order valence-electron chi connectivity index (χ1n) is 6.47. The van der Waals surface area contributed by atoms with Gasteiger partial charge in [0.2, 0.25) is 20.0 Å². The van der Waals surface area contributed by atoms with Gasteiger partial charge in [0.1, 0.15) is 4.90 Å². The highest BCUT2D eigenvalue weighted by molar-refractivity contribution is 7.89. The largest absolute Gasteiger partial charge is 0.352 e. The molecule has 1 saturated heterocycles. The summed E-state index contributed by atoms with van der Waals surface area (Å²) in [5, 5.41) is 0. The van der Waals surface area contributed by atoms with Crippen LogP contribution < -0.4 is 5.73 Å². The number of piperazine rings is 1. The molecule has 0 atom stereocenters. The fraction of sp³-hybridized carbons (Fsp3) is 0.636. The molecule has 0 radical (unpaired) electrons. The number of sulfonamides is 2. The minimum atomic E-state index is -3.61. The Bertz CT molecular complexity index is 715. The van der Waals surface area contributed by atoms with E-state index in [1.54, 1.807) is 17.7 Å². The smallest absolute Gasteiger partial charge is 0.244 e. The number of rotatable bonds is 4. The van der Waals surface area contributed by atoms with Gasteiger partial charge in [-0.15, -0.1) is 0 Å². The lowest BCUT2D eigenvalue weighted by molar-refractivity contribution is 0.274. The Labute approximate surface area is 125 Å². The normalized spacial score (nSPS) is 19.0. The molecule has 0 unspecified atom stereocenters. The highest BCUT2D eigenvalue weighted by Gasteiger charge is 2.32. The maximum Gasteiger partial charge on any atom is 0.244 e. The van der Waals surface area contributed by atoms with Crippen molar-refractivity contribution < 1.29 is 16.8 Å². The monoisotopic (exact) mass is 336 g/mol. The van der Waals surface area contributed by atoms with Crippen molar-refractivity contribution in [3.05, 3.63) is 18.0 Å². The molecule has 0 bridgehead atoms. The van der Waals surface area contributed by atoms with Crippen molar-refractivity contribution in [3.63, 3.8) is 0 Å². The third-order valence-electron chi connectivity index (χ3n) is 3.60. The Morgan fingerprint density at radius 3 is 2.05 bits per heavy atom. The summed E-state index contributed by atoms with van der Waals surface area (Å²) in [6, 6.07) is 1.55. The SMILES string of the molecule is Cn1cc(S(=O)(=O)N2CCN(S(C)(=O)=O)CC2)cc1CN. The molecule has 120 valence electrons. The van der Waals surface area contributed by atoms with Crippen LogP contribution in [0, 0.1) is 0 Å². The van der Waals surface area contributed by atoms with Crippen molar-refractivity contribution in [1.29, 1.82) is 0 Å². The van der Waals surface area contributed by atoms with Crippen LogP contribution in [-0.2, 0) is 33.6 Å². The van der Waals surface area contributed by atoms with E-state index in [9.17, 15) is 16.8 Å². The summed E-state index contributed by atoms with van der Waals surface area (Å²) < 4.78 is 52.2. The van der Waals surface area contributed by atoms with Crippen molar-refractivity contribution in [2.45, 2.75) is 11.4 Å². The van der Waals surface area contributed by atoms with E-state index in [4.69, 9.17) is 5.73 Å². The molecule has 21 heavy (non-hydrogen) atoms. The van der Waals surface area contributed by atoms with E-state index in [1.807, 2.05) is 0 Å². The van der Waals surface area contributed by atoms with Gasteiger partial charge in [-0.2, -0.15) is 8.61 Å². The van der Waals surface area contributed by atoms with Crippen molar-refractivity contribution in [1.82, 2.24) is 13.2 Å². The number of aryl methyl sites for hydroxylation is 1. The van der Waals surface area contributed by atoms with E-state index >= 15 is 0 Å². The van der Waals surface area contributed by atoms with Crippen molar-refractivity contribution in [2.24, 2.45) is 12.8 Å². The van der Waals surface area contributed by atoms with Crippen molar-refractivity contribution >= 4 is 20.0 Å². The van der Waals surface area contributed by atoms with Gasteiger partial charge in [-0.25, -0.2) is 16.8 Å². The lowest BCUT2D eigenvalue weighted by atomic mass is 10.4. The van der Waals surface area contributed by atoms with Crippen molar-refractivity contribution in [3.8, 4) is 0 Å². The number of hydrogen-bond donors (Lipinski definition) is 1. The van der Waals surface area contributed by atoms with Gasteiger partial charge >= 0.3 is 0 Å². The lowest BCUT2D eigenvalue weighted by Crippen LogP contribution is -2.50. The average Bonchev–Trinajstić information content (AvgIpc) is 2.80. The molecule has 0 saturated carbocycles. The molecule has 0 spiro atoms. The lowest BCUT2D eigenvalue weighted by Gasteiger charge is -2.32. The average molecular weight is 336 g/mol. The molecule has 2 N–H and O–H groups in total. The Balaban J connectivity index is 2.18. The third kappa shape index (κ3) is 3.29. The maximum atomic E-state index is 12.5. The Morgan fingerprint density at radius 2 is 1.62 bits per heavy atom. The van der Waals surface area contributed by atoms with Crippen LogP contribution in [0.5, 0.6) is 0 Å². The van der Waals surface area contributed by atoms with Gasteiger partial charge in [0, 0.05) is 51.7 Å². The molecular formula is C11H20N4O4S2. The van der Waals surface area contributed by atoms with E-state index in [0.29, 0.717) is 0 Å². The molecule has 8 nitrogen and oxygen atoms in total. The summed E-state index contributed by atoms with van der Waals surface area (Å²) in [6.45, 7) is 0.918. The van der Waals surface area contributed by atoms with Crippen LogP contribution in [0.4, 0.5) is 0 Å². The molecule has 10 heteroatoms. The second kappa shape index (κ2) is 5.69. The summed E-state index contributed by atoms with van der Waals surface area (Å²) in [5.74, 6) is 0. The zero-order valence-electron chi connectivity index (χ0n) is 12.1. The topological polar surface area (TPSA) is 106 Å². The first-order valence-corrected chi connectivity index (χ1v) is 9.75. The standard InChI is InChI=1S/C11H20N4O4S2/c1-13-9-11(7-10(13)8-12)21(18,19)15-5-3-14(4-6-15)20(2,16)17/h7,9H,3-6,8,12H2,1-2H3. The zero-order valence-corrected chi connectivity index (χ0v) is 13.7. The van der Waals surface area contributed by atoms with Crippen molar-refractivity contribution in [2.75, 3.05) is 32.4 Å². The van der Waals surface area contributed by atoms with Gasteiger partial charge in [0.15, 0.2) is 0 Å². The first-order chi connectivity index (χ1) is 9.66. The highest BCUT2D eigenvalue weighted by Crippen LogP contribution is 2.20. The molecule has 1 aliphatic heterocycles. The minimum absolute atomic E-state index is 0.155. The predicted molar refractivity (Wildman–Crippen MR) is 78.5 cm³/mol. The van der Waals surface area contributed by atoms with Crippen LogP contribution in [0.3, 0.4) is 0 Å². The summed E-state index contributed by atoms with van der Waals surface area (Å²) >= 11 is 0. The molecule has 0 aromatic carbocycles. The van der Waals surface area contributed by atoms with Gasteiger partial charge in [0.05, 0.1) is 6.26 Å². The second-order valence-corrected chi connectivity index (χ2v) is 8.97. The zero-order chi connectivity index (χ0) is 15.8. The second-order valence-electron chi connectivity index (χ2n) is 5.05. The molecule has 1 aliphatic rings. The third-order valence-corrected chi connectivity index (χ3v) is 6.76. The molecule has 1 fully saturated rings. The highest BCUT2D eigenvalue weighted by atomic mass is 32.2. The van der Waals surface area contributed by atoms with Gasteiger partial charge in [-0.1, -0.05) is 0 Å². The molecule has 0 amide bonds. The molecular weight excluding hydrogens is 316 g/mol. The maximum absolute atomic E-state index is 12.5. The number of aromatic nitrogens is 1. The Kier molecular flexibility index (Phi) is 4.45.